The molecule has 0 saturated heterocycles. The molecule has 1 N–H and O–H groups in total. The minimum atomic E-state index is -0.0402. The number of hydrogen-bond donors (Lipinski definition) is 1. The Bertz CT molecular complexity index is 2950. The quantitative estimate of drug-likeness (QED) is 0.190. The number of rotatable bonds is 6. The Morgan fingerprint density at radius 2 is 1.29 bits per heavy atom. The summed E-state index contributed by atoms with van der Waals surface area (Å²) < 4.78 is 14.6. The topological polar surface area (TPSA) is 73.3 Å². The number of furan rings is 1. The second-order valence-electron chi connectivity index (χ2n) is 12.8. The number of phenols is 1. The van der Waals surface area contributed by atoms with Crippen LogP contribution in [0.4, 0.5) is 0 Å². The van der Waals surface area contributed by atoms with Crippen LogP contribution >= 0.6 is 0 Å². The molecule has 0 saturated carbocycles. The Morgan fingerprint density at radius 3 is 2.15 bits per heavy atom. The van der Waals surface area contributed by atoms with E-state index in [0.29, 0.717) is 11.6 Å². The highest BCUT2D eigenvalue weighted by Crippen LogP contribution is 2.42. The highest BCUT2D eigenvalue weighted by atomic mass is 16.5. The minimum absolute atomic E-state index is 0.0402. The molecule has 6 nitrogen and oxygen atoms in total. The van der Waals surface area contributed by atoms with Crippen molar-refractivity contribution in [1.82, 2.24) is 14.5 Å². The van der Waals surface area contributed by atoms with Gasteiger partial charge in [-0.2, -0.15) is 4.98 Å². The van der Waals surface area contributed by atoms with Crippen molar-refractivity contribution in [3.8, 4) is 56.7 Å². The Labute approximate surface area is 298 Å². The summed E-state index contributed by atoms with van der Waals surface area (Å²) in [5.74, 6) is 0.241. The number of ether oxygens (including phenoxy) is 1. The molecular weight excluding hydrogens is 643 g/mol. The number of imidazole rings is 1. The molecule has 0 aliphatic carbocycles. The number of nitrogens with zero attached hydrogens (tertiary/aromatic N) is 3. The van der Waals surface area contributed by atoms with E-state index in [-0.39, 0.29) is 11.5 Å². The smallest absolute Gasteiger partial charge is 0.307 e. The van der Waals surface area contributed by atoms with Crippen molar-refractivity contribution in [2.75, 3.05) is 0 Å². The zero-order valence-corrected chi connectivity index (χ0v) is 27.8. The molecule has 52 heavy (non-hydrogen) atoms. The highest BCUT2D eigenvalue weighted by Gasteiger charge is 2.21. The summed E-state index contributed by atoms with van der Waals surface area (Å²) in [7, 11) is 0. The maximum absolute atomic E-state index is 11.2. The van der Waals surface area contributed by atoms with Gasteiger partial charge in [-0.05, 0) is 76.7 Å². The summed E-state index contributed by atoms with van der Waals surface area (Å²) in [5, 5.41) is 15.2. The van der Waals surface area contributed by atoms with Gasteiger partial charge in [0.2, 0.25) is 0 Å². The van der Waals surface area contributed by atoms with Crippen LogP contribution in [-0.2, 0) is 0 Å². The first-order valence-corrected chi connectivity index (χ1v) is 17.1. The molecule has 10 rings (SSSR count). The Hall–Kier alpha value is -7.18. The van der Waals surface area contributed by atoms with E-state index in [1.807, 2.05) is 95.7 Å². The van der Waals surface area contributed by atoms with Crippen molar-refractivity contribution in [3.63, 3.8) is 0 Å². The van der Waals surface area contributed by atoms with Gasteiger partial charge in [0.15, 0.2) is 11.5 Å². The van der Waals surface area contributed by atoms with Gasteiger partial charge in [-0.15, -0.1) is 0 Å². The molecule has 0 radical (unpaired) electrons. The molecule has 0 aliphatic rings. The fourth-order valence-corrected chi connectivity index (χ4v) is 7.10. The number of pyridine rings is 1. The molecule has 3 aromatic heterocycles. The lowest BCUT2D eigenvalue weighted by molar-refractivity contribution is 0.390. The molecule has 0 unspecified atom stereocenters. The fraction of sp³-hybridized carbons (Fsp3) is 0. The molecule has 0 fully saturated rings. The summed E-state index contributed by atoms with van der Waals surface area (Å²) in [6.45, 7) is 0. The van der Waals surface area contributed by atoms with E-state index in [1.54, 1.807) is 6.07 Å². The predicted molar refractivity (Wildman–Crippen MR) is 208 cm³/mol. The first-order valence-electron chi connectivity index (χ1n) is 17.1. The zero-order valence-electron chi connectivity index (χ0n) is 27.8. The molecule has 0 aliphatic heterocycles. The van der Waals surface area contributed by atoms with Crippen molar-refractivity contribution in [2.24, 2.45) is 0 Å². The first-order chi connectivity index (χ1) is 25.7. The van der Waals surface area contributed by atoms with Gasteiger partial charge >= 0.3 is 6.01 Å². The molecule has 3 heterocycles. The molecule has 0 bridgehead atoms. The van der Waals surface area contributed by atoms with Crippen LogP contribution in [0.1, 0.15) is 0 Å². The van der Waals surface area contributed by atoms with E-state index >= 15 is 0 Å². The van der Waals surface area contributed by atoms with Gasteiger partial charge in [0.05, 0.1) is 16.9 Å². The molecular formula is C46H29N3O3. The third-order valence-corrected chi connectivity index (χ3v) is 9.61. The zero-order chi connectivity index (χ0) is 34.6. The molecule has 10 aromatic rings. The molecule has 0 atom stereocenters. The van der Waals surface area contributed by atoms with Crippen LogP contribution in [0, 0.1) is 0 Å². The molecule has 7 aromatic carbocycles. The average Bonchev–Trinajstić information content (AvgIpc) is 3.75. The Balaban J connectivity index is 1.17. The number of aromatic hydroxyl groups is 1. The lowest BCUT2D eigenvalue weighted by Crippen LogP contribution is -1.98. The highest BCUT2D eigenvalue weighted by molar-refractivity contribution is 6.06. The number of aromatic nitrogens is 3. The Kier molecular flexibility index (Phi) is 6.86. The van der Waals surface area contributed by atoms with Gasteiger partial charge < -0.3 is 14.3 Å². The van der Waals surface area contributed by atoms with Crippen molar-refractivity contribution < 1.29 is 14.3 Å². The van der Waals surface area contributed by atoms with Crippen LogP contribution in [0.3, 0.4) is 0 Å². The number of para-hydroxylation sites is 3. The predicted octanol–water partition coefficient (Wildman–Crippen LogP) is 12.0. The Morgan fingerprint density at radius 1 is 0.558 bits per heavy atom. The lowest BCUT2D eigenvalue weighted by Gasteiger charge is -2.12. The van der Waals surface area contributed by atoms with Gasteiger partial charge in [0.1, 0.15) is 16.7 Å². The number of benzene rings is 7. The fourth-order valence-electron chi connectivity index (χ4n) is 7.10. The standard InChI is InChI=1S/C46H29N3O3/c50-41-27-43-38(37-18-9-10-21-42(37)51-43)26-44(41)52-46-48-45-36(19-11-20-40(45)49(46)35-16-5-2-6-17-35)33-22-32(29-12-3-1-4-13-29)23-34(24-33)39-25-30-14-7-8-15-31(30)28-47-39/h1-28,50H. The third-order valence-electron chi connectivity index (χ3n) is 9.61. The normalized spacial score (nSPS) is 11.5. The second kappa shape index (κ2) is 12.0. The number of hydrogen-bond acceptors (Lipinski definition) is 5. The summed E-state index contributed by atoms with van der Waals surface area (Å²) in [6.07, 6.45) is 1.94. The SMILES string of the molecule is Oc1cc2oc3ccccc3c2cc1Oc1nc2c(-c3cc(-c4ccccc4)cc(-c4cc5ccccc5cn4)c3)cccc2n1-c1ccccc1. The van der Waals surface area contributed by atoms with Crippen molar-refractivity contribution in [3.05, 3.63) is 170 Å². The summed E-state index contributed by atoms with van der Waals surface area (Å²) in [6, 6.07) is 55.2. The van der Waals surface area contributed by atoms with Crippen LogP contribution in [0.25, 0.3) is 82.9 Å². The van der Waals surface area contributed by atoms with Crippen molar-refractivity contribution in [1.29, 1.82) is 0 Å². The van der Waals surface area contributed by atoms with E-state index in [4.69, 9.17) is 19.1 Å². The van der Waals surface area contributed by atoms with Crippen LogP contribution in [-0.4, -0.2) is 19.6 Å². The van der Waals surface area contributed by atoms with Gasteiger partial charge in [-0.1, -0.05) is 103 Å². The molecule has 0 amide bonds. The van der Waals surface area contributed by atoms with Gasteiger partial charge in [-0.25, -0.2) is 0 Å². The van der Waals surface area contributed by atoms with Crippen LogP contribution in [0.5, 0.6) is 17.5 Å². The second-order valence-corrected chi connectivity index (χ2v) is 12.8. The number of phenolic OH excluding ortho intramolecular Hbond substituents is 1. The van der Waals surface area contributed by atoms with E-state index in [0.717, 1.165) is 77.4 Å². The average molecular weight is 672 g/mol. The van der Waals surface area contributed by atoms with Gasteiger partial charge in [-0.3, -0.25) is 9.55 Å². The van der Waals surface area contributed by atoms with Crippen LogP contribution in [0.15, 0.2) is 174 Å². The maximum Gasteiger partial charge on any atom is 0.307 e. The van der Waals surface area contributed by atoms with Crippen molar-refractivity contribution >= 4 is 43.7 Å². The lowest BCUT2D eigenvalue weighted by atomic mass is 9.94. The van der Waals surface area contributed by atoms with E-state index in [1.165, 1.54) is 0 Å². The van der Waals surface area contributed by atoms with E-state index in [2.05, 4.69) is 72.8 Å². The number of fused-ring (bicyclic) bond motifs is 5. The monoisotopic (exact) mass is 671 g/mol. The summed E-state index contributed by atoms with van der Waals surface area (Å²) in [5.41, 5.74) is 9.84. The van der Waals surface area contributed by atoms with Gasteiger partial charge in [0, 0.05) is 39.5 Å². The van der Waals surface area contributed by atoms with Crippen LogP contribution < -0.4 is 4.74 Å². The first kappa shape index (κ1) is 29.7. The van der Waals surface area contributed by atoms with E-state index in [9.17, 15) is 5.11 Å². The largest absolute Gasteiger partial charge is 0.504 e. The van der Waals surface area contributed by atoms with Crippen LogP contribution in [0.2, 0.25) is 0 Å². The molecule has 6 heteroatoms. The van der Waals surface area contributed by atoms with Crippen molar-refractivity contribution in [2.45, 2.75) is 0 Å². The van der Waals surface area contributed by atoms with E-state index < -0.39 is 0 Å². The molecule has 246 valence electrons. The van der Waals surface area contributed by atoms with Gasteiger partial charge in [0.25, 0.3) is 0 Å². The molecule has 0 spiro atoms. The minimum Gasteiger partial charge on any atom is -0.504 e. The summed E-state index contributed by atoms with van der Waals surface area (Å²) in [4.78, 5) is 10.1. The summed E-state index contributed by atoms with van der Waals surface area (Å²) >= 11 is 0. The maximum atomic E-state index is 11.2. The third kappa shape index (κ3) is 5.05.